The summed E-state index contributed by atoms with van der Waals surface area (Å²) in [6, 6.07) is 9.12. The van der Waals surface area contributed by atoms with Crippen LogP contribution in [0.4, 0.5) is 11.5 Å². The summed E-state index contributed by atoms with van der Waals surface area (Å²) in [5.41, 5.74) is 8.44. The highest BCUT2D eigenvalue weighted by Crippen LogP contribution is 2.32. The first-order chi connectivity index (χ1) is 9.16. The highest BCUT2D eigenvalue weighted by atomic mass is 16.4. The Labute approximate surface area is 110 Å². The topological polar surface area (TPSA) is 79.5 Å². The molecule has 1 aromatic heterocycles. The number of nitrogen functional groups attached to an aromatic ring is 1. The fraction of sp³-hybridized carbons (Fsp3) is 0.143. The minimum Gasteiger partial charge on any atom is -0.478 e. The molecule has 0 spiro atoms. The molecule has 0 fully saturated rings. The zero-order valence-electron chi connectivity index (χ0n) is 10.2. The number of carboxylic acid groups (broad SMARTS) is 1. The van der Waals surface area contributed by atoms with Gasteiger partial charge in [0.05, 0.1) is 11.3 Å². The lowest BCUT2D eigenvalue weighted by Gasteiger charge is -2.15. The molecule has 2 heterocycles. The first-order valence-corrected chi connectivity index (χ1v) is 5.96. The van der Waals surface area contributed by atoms with Crippen LogP contribution >= 0.6 is 0 Å². The average Bonchev–Trinajstić information content (AvgIpc) is 2.85. The van der Waals surface area contributed by atoms with Crippen molar-refractivity contribution in [2.24, 2.45) is 0 Å². The number of aromatic carboxylic acids is 1. The Morgan fingerprint density at radius 2 is 2.11 bits per heavy atom. The maximum atomic E-state index is 11.1. The van der Waals surface area contributed by atoms with E-state index in [0.717, 1.165) is 16.9 Å². The van der Waals surface area contributed by atoms with Crippen LogP contribution in [0.15, 0.2) is 36.5 Å². The first-order valence-electron chi connectivity index (χ1n) is 5.96. The molecule has 19 heavy (non-hydrogen) atoms. The van der Waals surface area contributed by atoms with Gasteiger partial charge in [0.25, 0.3) is 0 Å². The standard InChI is InChI=1S/C14H13N3O2/c15-13-10(14(18)19)5-4-9-7-17(8-11(9)13)12-3-1-2-6-16-12/h1-6H,7-8,15H2,(H,18,19). The predicted octanol–water partition coefficient (Wildman–Crippen LogP) is 1.88. The van der Waals surface area contributed by atoms with E-state index < -0.39 is 5.97 Å². The molecule has 0 bridgehead atoms. The number of carboxylic acids is 1. The molecule has 1 aliphatic rings. The normalized spacial score (nSPS) is 13.4. The lowest BCUT2D eigenvalue weighted by atomic mass is 10.0. The molecule has 1 aliphatic heterocycles. The molecule has 1 aromatic carbocycles. The predicted molar refractivity (Wildman–Crippen MR) is 71.9 cm³/mol. The van der Waals surface area contributed by atoms with Gasteiger partial charge in [0.15, 0.2) is 0 Å². The van der Waals surface area contributed by atoms with Crippen molar-refractivity contribution >= 4 is 17.5 Å². The summed E-state index contributed by atoms with van der Waals surface area (Å²) in [6.45, 7) is 1.30. The van der Waals surface area contributed by atoms with Gasteiger partial charge in [0.2, 0.25) is 0 Å². The van der Waals surface area contributed by atoms with E-state index in [1.54, 1.807) is 12.3 Å². The Hall–Kier alpha value is -2.56. The number of pyridine rings is 1. The summed E-state index contributed by atoms with van der Waals surface area (Å²) in [6.07, 6.45) is 1.74. The summed E-state index contributed by atoms with van der Waals surface area (Å²) in [7, 11) is 0. The van der Waals surface area contributed by atoms with Crippen LogP contribution in [-0.2, 0) is 13.1 Å². The van der Waals surface area contributed by atoms with Crippen LogP contribution in [0.5, 0.6) is 0 Å². The summed E-state index contributed by atoms with van der Waals surface area (Å²) >= 11 is 0. The molecule has 0 aliphatic carbocycles. The quantitative estimate of drug-likeness (QED) is 0.801. The Morgan fingerprint density at radius 1 is 1.26 bits per heavy atom. The van der Waals surface area contributed by atoms with Crippen molar-refractivity contribution < 1.29 is 9.90 Å². The van der Waals surface area contributed by atoms with E-state index in [1.807, 2.05) is 24.3 Å². The molecule has 0 saturated carbocycles. The molecule has 2 aromatic rings. The van der Waals surface area contributed by atoms with Gasteiger partial charge in [-0.05, 0) is 23.8 Å². The number of nitrogens with two attached hydrogens (primary N) is 1. The number of fused-ring (bicyclic) bond motifs is 1. The highest BCUT2D eigenvalue weighted by molar-refractivity contribution is 5.95. The maximum Gasteiger partial charge on any atom is 0.337 e. The Bertz CT molecular complexity index is 641. The van der Waals surface area contributed by atoms with Crippen molar-refractivity contribution in [2.45, 2.75) is 13.1 Å². The lowest BCUT2D eigenvalue weighted by Crippen LogP contribution is -2.15. The highest BCUT2D eigenvalue weighted by Gasteiger charge is 2.24. The van der Waals surface area contributed by atoms with Crippen LogP contribution in [0.3, 0.4) is 0 Å². The molecular weight excluding hydrogens is 242 g/mol. The molecular formula is C14H13N3O2. The molecule has 3 rings (SSSR count). The van der Waals surface area contributed by atoms with Crippen molar-refractivity contribution in [3.8, 4) is 0 Å². The number of benzene rings is 1. The zero-order chi connectivity index (χ0) is 13.4. The number of hydrogen-bond donors (Lipinski definition) is 2. The smallest absolute Gasteiger partial charge is 0.337 e. The second kappa shape index (κ2) is 4.28. The third-order valence-electron chi connectivity index (χ3n) is 3.37. The van der Waals surface area contributed by atoms with E-state index in [1.165, 1.54) is 0 Å². The van der Waals surface area contributed by atoms with Gasteiger partial charge in [-0.15, -0.1) is 0 Å². The molecule has 0 atom stereocenters. The van der Waals surface area contributed by atoms with Crippen molar-refractivity contribution in [2.75, 3.05) is 10.6 Å². The average molecular weight is 255 g/mol. The fourth-order valence-corrected chi connectivity index (χ4v) is 2.39. The van der Waals surface area contributed by atoms with Crippen LogP contribution < -0.4 is 10.6 Å². The van der Waals surface area contributed by atoms with E-state index in [9.17, 15) is 4.79 Å². The summed E-state index contributed by atoms with van der Waals surface area (Å²) < 4.78 is 0. The van der Waals surface area contributed by atoms with Gasteiger partial charge >= 0.3 is 5.97 Å². The summed E-state index contributed by atoms with van der Waals surface area (Å²) in [4.78, 5) is 17.4. The van der Waals surface area contributed by atoms with E-state index in [4.69, 9.17) is 10.8 Å². The third-order valence-corrected chi connectivity index (χ3v) is 3.37. The minimum atomic E-state index is -0.989. The van der Waals surface area contributed by atoms with E-state index in [-0.39, 0.29) is 5.56 Å². The molecule has 0 unspecified atom stereocenters. The van der Waals surface area contributed by atoms with Crippen molar-refractivity contribution in [1.29, 1.82) is 0 Å². The van der Waals surface area contributed by atoms with Crippen molar-refractivity contribution in [1.82, 2.24) is 4.98 Å². The lowest BCUT2D eigenvalue weighted by molar-refractivity contribution is 0.0698. The van der Waals surface area contributed by atoms with Crippen LogP contribution in [0.1, 0.15) is 21.5 Å². The molecule has 0 radical (unpaired) electrons. The second-order valence-electron chi connectivity index (χ2n) is 4.51. The number of nitrogens with zero attached hydrogens (tertiary/aromatic N) is 2. The van der Waals surface area contributed by atoms with Crippen LogP contribution in [0, 0.1) is 0 Å². The van der Waals surface area contributed by atoms with Crippen molar-refractivity contribution in [3.05, 3.63) is 53.2 Å². The van der Waals surface area contributed by atoms with E-state index in [2.05, 4.69) is 9.88 Å². The van der Waals surface area contributed by atoms with Crippen molar-refractivity contribution in [3.63, 3.8) is 0 Å². The fourth-order valence-electron chi connectivity index (χ4n) is 2.39. The molecule has 0 amide bonds. The number of rotatable bonds is 2. The van der Waals surface area contributed by atoms with Gasteiger partial charge < -0.3 is 15.7 Å². The molecule has 5 nitrogen and oxygen atoms in total. The molecule has 96 valence electrons. The number of carbonyl (C=O) groups is 1. The third kappa shape index (κ3) is 1.89. The van der Waals surface area contributed by atoms with Crippen LogP contribution in [0.25, 0.3) is 0 Å². The van der Waals surface area contributed by atoms with Crippen LogP contribution in [-0.4, -0.2) is 16.1 Å². The van der Waals surface area contributed by atoms with Gasteiger partial charge in [0, 0.05) is 24.8 Å². The van der Waals surface area contributed by atoms with E-state index in [0.29, 0.717) is 18.8 Å². The Balaban J connectivity index is 1.97. The molecule has 0 saturated heterocycles. The number of hydrogen-bond acceptors (Lipinski definition) is 4. The Kier molecular flexibility index (Phi) is 2.59. The summed E-state index contributed by atoms with van der Waals surface area (Å²) in [5, 5.41) is 9.07. The molecule has 5 heteroatoms. The minimum absolute atomic E-state index is 0.168. The van der Waals surface area contributed by atoms with Gasteiger partial charge in [-0.1, -0.05) is 12.1 Å². The van der Waals surface area contributed by atoms with Gasteiger partial charge in [-0.2, -0.15) is 0 Å². The van der Waals surface area contributed by atoms with Gasteiger partial charge in [-0.25, -0.2) is 9.78 Å². The van der Waals surface area contributed by atoms with Gasteiger partial charge in [0.1, 0.15) is 5.82 Å². The van der Waals surface area contributed by atoms with E-state index >= 15 is 0 Å². The number of aromatic nitrogens is 1. The van der Waals surface area contributed by atoms with Crippen LogP contribution in [0.2, 0.25) is 0 Å². The maximum absolute atomic E-state index is 11.1. The second-order valence-corrected chi connectivity index (χ2v) is 4.51. The molecule has 3 N–H and O–H groups in total. The summed E-state index contributed by atoms with van der Waals surface area (Å²) in [5.74, 6) is -0.119. The Morgan fingerprint density at radius 3 is 2.79 bits per heavy atom. The SMILES string of the molecule is Nc1c(C(=O)O)ccc2c1CN(c1ccccn1)C2. The van der Waals surface area contributed by atoms with Gasteiger partial charge in [-0.3, -0.25) is 0 Å². The largest absolute Gasteiger partial charge is 0.478 e. The monoisotopic (exact) mass is 255 g/mol. The zero-order valence-corrected chi connectivity index (χ0v) is 10.2. The number of anilines is 2. The first kappa shape index (κ1) is 11.5.